The fourth-order valence-electron chi connectivity index (χ4n) is 2.35. The number of hydrogen-bond donors (Lipinski definition) is 1. The zero-order valence-electron chi connectivity index (χ0n) is 12.7. The van der Waals surface area contributed by atoms with Crippen molar-refractivity contribution in [1.82, 2.24) is 0 Å². The minimum atomic E-state index is -0.725. The third kappa shape index (κ3) is 3.11. The van der Waals surface area contributed by atoms with Gasteiger partial charge in [0.15, 0.2) is 0 Å². The highest BCUT2D eigenvalue weighted by Crippen LogP contribution is 2.33. The van der Waals surface area contributed by atoms with E-state index in [2.05, 4.69) is 5.32 Å². The summed E-state index contributed by atoms with van der Waals surface area (Å²) in [5, 5.41) is 2.87. The molecular formula is C17H10Cl3FN2O2. The number of imide groups is 1. The number of benzene rings is 2. The van der Waals surface area contributed by atoms with Crippen molar-refractivity contribution in [1.29, 1.82) is 0 Å². The molecule has 1 aliphatic heterocycles. The van der Waals surface area contributed by atoms with Crippen molar-refractivity contribution in [2.45, 2.75) is 6.92 Å². The molecule has 1 heterocycles. The van der Waals surface area contributed by atoms with E-state index < -0.39 is 17.6 Å². The molecule has 0 atom stereocenters. The molecule has 0 bridgehead atoms. The molecule has 0 fully saturated rings. The second-order valence-electron chi connectivity index (χ2n) is 5.27. The standard InChI is InChI=1S/C17H10Cl3FN2O2/c1-8-10(18)3-2-4-13(8)22-15-14(20)16(24)23(17(15)25)9-5-6-12(21)11(19)7-9/h2-7,22H,1H3. The Balaban J connectivity index is 1.96. The molecule has 25 heavy (non-hydrogen) atoms. The van der Waals surface area contributed by atoms with E-state index in [1.807, 2.05) is 0 Å². The molecule has 128 valence electrons. The summed E-state index contributed by atoms with van der Waals surface area (Å²) < 4.78 is 13.3. The van der Waals surface area contributed by atoms with Crippen LogP contribution >= 0.6 is 34.8 Å². The number of hydrogen-bond acceptors (Lipinski definition) is 3. The van der Waals surface area contributed by atoms with E-state index in [-0.39, 0.29) is 21.4 Å². The van der Waals surface area contributed by atoms with Gasteiger partial charge in [-0.3, -0.25) is 9.59 Å². The molecule has 4 nitrogen and oxygen atoms in total. The Morgan fingerprint density at radius 1 is 1.00 bits per heavy atom. The monoisotopic (exact) mass is 398 g/mol. The Labute approximate surface area is 157 Å². The van der Waals surface area contributed by atoms with Gasteiger partial charge in [0.1, 0.15) is 16.5 Å². The summed E-state index contributed by atoms with van der Waals surface area (Å²) in [7, 11) is 0. The maximum atomic E-state index is 13.3. The van der Waals surface area contributed by atoms with Crippen LogP contribution in [0.1, 0.15) is 5.56 Å². The number of nitrogens with one attached hydrogen (secondary N) is 1. The molecule has 8 heteroatoms. The van der Waals surface area contributed by atoms with Crippen molar-refractivity contribution in [3.63, 3.8) is 0 Å². The Kier molecular flexibility index (Phi) is 4.73. The second-order valence-corrected chi connectivity index (χ2v) is 6.46. The van der Waals surface area contributed by atoms with Gasteiger partial charge >= 0.3 is 0 Å². The number of amides is 2. The number of carbonyl (C=O) groups excluding carboxylic acids is 2. The van der Waals surface area contributed by atoms with Gasteiger partial charge in [-0.25, -0.2) is 9.29 Å². The lowest BCUT2D eigenvalue weighted by atomic mass is 10.2. The molecule has 3 rings (SSSR count). The van der Waals surface area contributed by atoms with Crippen LogP contribution in [0.2, 0.25) is 10.0 Å². The average molecular weight is 400 g/mol. The number of halogens is 4. The van der Waals surface area contributed by atoms with Crippen molar-refractivity contribution < 1.29 is 14.0 Å². The topological polar surface area (TPSA) is 49.4 Å². The molecule has 1 N–H and O–H groups in total. The smallest absolute Gasteiger partial charge is 0.283 e. The molecule has 0 saturated heterocycles. The molecule has 1 aliphatic rings. The number of rotatable bonds is 3. The van der Waals surface area contributed by atoms with Gasteiger partial charge in [-0.05, 0) is 42.8 Å². The fourth-order valence-corrected chi connectivity index (χ4v) is 2.91. The first-order valence-corrected chi connectivity index (χ1v) is 8.20. The average Bonchev–Trinajstić information content (AvgIpc) is 2.78. The molecule has 0 aliphatic carbocycles. The van der Waals surface area contributed by atoms with E-state index in [1.165, 1.54) is 12.1 Å². The maximum Gasteiger partial charge on any atom is 0.283 e. The molecule has 0 saturated carbocycles. The lowest BCUT2D eigenvalue weighted by molar-refractivity contribution is -0.120. The predicted molar refractivity (Wildman–Crippen MR) is 96.6 cm³/mol. The summed E-state index contributed by atoms with van der Waals surface area (Å²) in [6.07, 6.45) is 0. The number of nitrogens with zero attached hydrogens (tertiary/aromatic N) is 1. The van der Waals surface area contributed by atoms with Crippen LogP contribution in [0.25, 0.3) is 0 Å². The maximum absolute atomic E-state index is 13.3. The molecule has 2 aromatic rings. The van der Waals surface area contributed by atoms with Crippen LogP contribution in [0.5, 0.6) is 0 Å². The van der Waals surface area contributed by atoms with Gasteiger partial charge in [0, 0.05) is 10.7 Å². The summed E-state index contributed by atoms with van der Waals surface area (Å²) >= 11 is 17.8. The first kappa shape index (κ1) is 17.7. The predicted octanol–water partition coefficient (Wildman–Crippen LogP) is 4.88. The van der Waals surface area contributed by atoms with Gasteiger partial charge < -0.3 is 5.32 Å². The van der Waals surface area contributed by atoms with Crippen LogP contribution in [-0.4, -0.2) is 11.8 Å². The highest BCUT2D eigenvalue weighted by molar-refractivity contribution is 6.53. The molecule has 2 amide bonds. The lowest BCUT2D eigenvalue weighted by Crippen LogP contribution is -2.32. The summed E-state index contributed by atoms with van der Waals surface area (Å²) in [6.45, 7) is 1.76. The summed E-state index contributed by atoms with van der Waals surface area (Å²) in [6, 6.07) is 8.63. The quantitative estimate of drug-likeness (QED) is 0.749. The SMILES string of the molecule is Cc1c(Cl)cccc1NC1=C(Cl)C(=O)N(c2ccc(F)c(Cl)c2)C1=O. The largest absolute Gasteiger partial charge is 0.349 e. The zero-order chi connectivity index (χ0) is 18.3. The third-order valence-electron chi connectivity index (χ3n) is 3.72. The fraction of sp³-hybridized carbons (Fsp3) is 0.0588. The first-order chi connectivity index (χ1) is 11.8. The van der Waals surface area contributed by atoms with Gasteiger partial charge in [-0.15, -0.1) is 0 Å². The minimum Gasteiger partial charge on any atom is -0.349 e. The van der Waals surface area contributed by atoms with Gasteiger partial charge in [0.05, 0.1) is 10.7 Å². The molecule has 2 aromatic carbocycles. The molecule has 0 unspecified atom stereocenters. The van der Waals surface area contributed by atoms with Gasteiger partial charge in [0.25, 0.3) is 11.8 Å². The Morgan fingerprint density at radius 2 is 1.72 bits per heavy atom. The Morgan fingerprint density at radius 3 is 2.40 bits per heavy atom. The molecule has 0 radical (unpaired) electrons. The highest BCUT2D eigenvalue weighted by Gasteiger charge is 2.39. The van der Waals surface area contributed by atoms with Crippen molar-refractivity contribution in [2.24, 2.45) is 0 Å². The van der Waals surface area contributed by atoms with E-state index in [1.54, 1.807) is 25.1 Å². The number of carbonyl (C=O) groups is 2. The summed E-state index contributed by atoms with van der Waals surface area (Å²) in [5.74, 6) is -2.05. The highest BCUT2D eigenvalue weighted by atomic mass is 35.5. The molecule has 0 spiro atoms. The van der Waals surface area contributed by atoms with Crippen LogP contribution in [0.3, 0.4) is 0 Å². The van der Waals surface area contributed by atoms with Crippen molar-refractivity contribution >= 4 is 58.0 Å². The normalized spacial score (nSPS) is 14.5. The molecular weight excluding hydrogens is 390 g/mol. The Hall–Kier alpha value is -2.08. The van der Waals surface area contributed by atoms with E-state index >= 15 is 0 Å². The minimum absolute atomic E-state index is 0.0857. The van der Waals surface area contributed by atoms with Crippen molar-refractivity contribution in [2.75, 3.05) is 10.2 Å². The van der Waals surface area contributed by atoms with Crippen molar-refractivity contribution in [3.05, 3.63) is 68.6 Å². The van der Waals surface area contributed by atoms with Crippen LogP contribution in [0.15, 0.2) is 47.1 Å². The van der Waals surface area contributed by atoms with E-state index in [0.29, 0.717) is 16.3 Å². The number of anilines is 2. The summed E-state index contributed by atoms with van der Waals surface area (Å²) in [4.78, 5) is 25.9. The second kappa shape index (κ2) is 6.67. The van der Waals surface area contributed by atoms with Crippen LogP contribution in [-0.2, 0) is 9.59 Å². The van der Waals surface area contributed by atoms with E-state index in [0.717, 1.165) is 11.0 Å². The molecule has 0 aromatic heterocycles. The van der Waals surface area contributed by atoms with Gasteiger partial charge in [0.2, 0.25) is 0 Å². The first-order valence-electron chi connectivity index (χ1n) is 7.07. The third-order valence-corrected chi connectivity index (χ3v) is 4.77. The Bertz CT molecular complexity index is 943. The summed E-state index contributed by atoms with van der Waals surface area (Å²) in [5.41, 5.74) is 1.28. The van der Waals surface area contributed by atoms with Crippen LogP contribution in [0.4, 0.5) is 15.8 Å². The van der Waals surface area contributed by atoms with Crippen LogP contribution in [0, 0.1) is 12.7 Å². The van der Waals surface area contributed by atoms with E-state index in [4.69, 9.17) is 34.8 Å². The van der Waals surface area contributed by atoms with E-state index in [9.17, 15) is 14.0 Å². The zero-order valence-corrected chi connectivity index (χ0v) is 15.0. The van der Waals surface area contributed by atoms with Crippen LogP contribution < -0.4 is 10.2 Å². The van der Waals surface area contributed by atoms with Gasteiger partial charge in [-0.2, -0.15) is 0 Å². The van der Waals surface area contributed by atoms with Gasteiger partial charge in [-0.1, -0.05) is 40.9 Å². The van der Waals surface area contributed by atoms with Crippen molar-refractivity contribution in [3.8, 4) is 0 Å². The lowest BCUT2D eigenvalue weighted by Gasteiger charge is -2.16.